The molecule has 0 radical (unpaired) electrons. The summed E-state index contributed by atoms with van der Waals surface area (Å²) in [5.74, 6) is 0.480. The standard InChI is InChI=1S/C30H34N4/c1-19(2)24-11-6-7-12-28(24)33-16-15-27-26(18-33)30(25-14-13-23(31)17-22(25)5)34(32-27)29-20(3)9-8-10-21(29)4/h6-14,17,19H,15-16,18,31H2,1-5H3. The minimum atomic E-state index is 0.480. The highest BCUT2D eigenvalue weighted by Gasteiger charge is 2.29. The lowest BCUT2D eigenvalue weighted by molar-refractivity contribution is 0.706. The number of nitrogens with two attached hydrogens (primary N) is 1. The number of fused-ring (bicyclic) bond motifs is 1. The summed E-state index contributed by atoms with van der Waals surface area (Å²) in [6.07, 6.45) is 0.931. The van der Waals surface area contributed by atoms with E-state index < -0.39 is 0 Å². The Labute approximate surface area is 203 Å². The molecule has 4 heteroatoms. The van der Waals surface area contributed by atoms with Gasteiger partial charge in [0.2, 0.25) is 0 Å². The summed E-state index contributed by atoms with van der Waals surface area (Å²) < 4.78 is 2.20. The summed E-state index contributed by atoms with van der Waals surface area (Å²) in [4.78, 5) is 2.53. The number of benzene rings is 3. The number of nitrogens with zero attached hydrogens (tertiary/aromatic N) is 3. The number of para-hydroxylation sites is 2. The largest absolute Gasteiger partial charge is 0.399 e. The summed E-state index contributed by atoms with van der Waals surface area (Å²) in [6.45, 7) is 12.9. The van der Waals surface area contributed by atoms with Crippen molar-refractivity contribution in [2.75, 3.05) is 17.2 Å². The SMILES string of the molecule is Cc1cc(N)ccc1-c1c2c(nn1-c1c(C)cccc1C)CCN(c1ccccc1C(C)C)C2. The molecule has 1 aliphatic rings. The highest BCUT2D eigenvalue weighted by molar-refractivity contribution is 5.74. The molecule has 1 aromatic heterocycles. The van der Waals surface area contributed by atoms with Crippen LogP contribution in [-0.2, 0) is 13.0 Å². The minimum Gasteiger partial charge on any atom is -0.399 e. The third-order valence-corrected chi connectivity index (χ3v) is 7.09. The van der Waals surface area contributed by atoms with E-state index in [0.717, 1.165) is 25.2 Å². The molecule has 0 spiro atoms. The van der Waals surface area contributed by atoms with Crippen LogP contribution in [0.15, 0.2) is 60.7 Å². The average molecular weight is 451 g/mol. The summed E-state index contributed by atoms with van der Waals surface area (Å²) >= 11 is 0. The summed E-state index contributed by atoms with van der Waals surface area (Å²) in [5, 5.41) is 5.23. The van der Waals surface area contributed by atoms with Crippen molar-refractivity contribution in [2.24, 2.45) is 0 Å². The van der Waals surface area contributed by atoms with Gasteiger partial charge in [0.25, 0.3) is 0 Å². The molecule has 0 amide bonds. The van der Waals surface area contributed by atoms with Crippen molar-refractivity contribution in [3.8, 4) is 16.9 Å². The molecule has 4 aromatic rings. The predicted octanol–water partition coefficient (Wildman–Crippen LogP) is 6.73. The zero-order valence-electron chi connectivity index (χ0n) is 20.9. The van der Waals surface area contributed by atoms with Gasteiger partial charge < -0.3 is 10.6 Å². The predicted molar refractivity (Wildman–Crippen MR) is 143 cm³/mol. The number of aryl methyl sites for hydroxylation is 3. The molecule has 0 unspecified atom stereocenters. The normalized spacial score (nSPS) is 13.4. The molecule has 2 heterocycles. The van der Waals surface area contributed by atoms with Crippen LogP contribution in [0.5, 0.6) is 0 Å². The molecule has 0 atom stereocenters. The number of rotatable bonds is 4. The Kier molecular flexibility index (Phi) is 5.68. The number of aromatic nitrogens is 2. The van der Waals surface area contributed by atoms with Gasteiger partial charge in [0.05, 0.1) is 17.1 Å². The third kappa shape index (κ3) is 3.77. The van der Waals surface area contributed by atoms with E-state index in [4.69, 9.17) is 10.8 Å². The molecule has 0 saturated heterocycles. The molecule has 0 bridgehead atoms. The Balaban J connectivity index is 1.72. The lowest BCUT2D eigenvalue weighted by atomic mass is 9.95. The molecular formula is C30H34N4. The van der Waals surface area contributed by atoms with Crippen molar-refractivity contribution in [2.45, 2.75) is 53.5 Å². The van der Waals surface area contributed by atoms with Gasteiger partial charge in [-0.05, 0) is 67.1 Å². The fourth-order valence-electron chi connectivity index (χ4n) is 5.37. The van der Waals surface area contributed by atoms with E-state index in [9.17, 15) is 0 Å². The van der Waals surface area contributed by atoms with Crippen LogP contribution in [0.3, 0.4) is 0 Å². The van der Waals surface area contributed by atoms with E-state index in [-0.39, 0.29) is 0 Å². The zero-order valence-corrected chi connectivity index (χ0v) is 20.9. The van der Waals surface area contributed by atoms with Crippen molar-refractivity contribution in [1.82, 2.24) is 9.78 Å². The van der Waals surface area contributed by atoms with Gasteiger partial charge in [-0.15, -0.1) is 0 Å². The summed E-state index contributed by atoms with van der Waals surface area (Å²) in [5.41, 5.74) is 19.4. The van der Waals surface area contributed by atoms with Gasteiger partial charge in [-0.2, -0.15) is 5.10 Å². The van der Waals surface area contributed by atoms with Crippen LogP contribution in [0.1, 0.15) is 53.3 Å². The Morgan fingerprint density at radius 2 is 1.62 bits per heavy atom. The first-order chi connectivity index (χ1) is 16.3. The van der Waals surface area contributed by atoms with Crippen LogP contribution in [0.2, 0.25) is 0 Å². The molecule has 5 rings (SSSR count). The lowest BCUT2D eigenvalue weighted by Crippen LogP contribution is -2.31. The maximum Gasteiger partial charge on any atom is 0.0796 e. The number of hydrogen-bond donors (Lipinski definition) is 1. The van der Waals surface area contributed by atoms with Crippen LogP contribution in [0.4, 0.5) is 11.4 Å². The quantitative estimate of drug-likeness (QED) is 0.351. The molecule has 174 valence electrons. The van der Waals surface area contributed by atoms with Crippen molar-refractivity contribution in [3.63, 3.8) is 0 Å². The van der Waals surface area contributed by atoms with Crippen molar-refractivity contribution in [3.05, 3.63) is 94.2 Å². The number of anilines is 2. The van der Waals surface area contributed by atoms with Gasteiger partial charge in [0, 0.05) is 42.0 Å². The highest BCUT2D eigenvalue weighted by Crippen LogP contribution is 2.38. The molecule has 4 nitrogen and oxygen atoms in total. The molecule has 0 aliphatic carbocycles. The second-order valence-electron chi connectivity index (χ2n) is 9.89. The van der Waals surface area contributed by atoms with Gasteiger partial charge in [-0.3, -0.25) is 0 Å². The van der Waals surface area contributed by atoms with Crippen molar-refractivity contribution >= 4 is 11.4 Å². The Bertz CT molecular complexity index is 1340. The monoisotopic (exact) mass is 450 g/mol. The Morgan fingerprint density at radius 3 is 2.32 bits per heavy atom. The van der Waals surface area contributed by atoms with E-state index in [1.165, 1.54) is 56.1 Å². The van der Waals surface area contributed by atoms with Gasteiger partial charge >= 0.3 is 0 Å². The highest BCUT2D eigenvalue weighted by atomic mass is 15.3. The van der Waals surface area contributed by atoms with E-state index in [0.29, 0.717) is 5.92 Å². The maximum absolute atomic E-state index is 6.13. The second kappa shape index (κ2) is 8.68. The number of nitrogen functional groups attached to an aromatic ring is 1. The Morgan fingerprint density at radius 1 is 0.882 bits per heavy atom. The van der Waals surface area contributed by atoms with Gasteiger partial charge in [0.1, 0.15) is 0 Å². The van der Waals surface area contributed by atoms with E-state index >= 15 is 0 Å². The average Bonchev–Trinajstić information content (AvgIpc) is 3.17. The van der Waals surface area contributed by atoms with Crippen LogP contribution in [0, 0.1) is 20.8 Å². The smallest absolute Gasteiger partial charge is 0.0796 e. The molecule has 2 N–H and O–H groups in total. The fraction of sp³-hybridized carbons (Fsp3) is 0.300. The van der Waals surface area contributed by atoms with Gasteiger partial charge in [0.15, 0.2) is 0 Å². The second-order valence-corrected chi connectivity index (χ2v) is 9.89. The Hall–Kier alpha value is -3.53. The number of hydrogen-bond acceptors (Lipinski definition) is 3. The third-order valence-electron chi connectivity index (χ3n) is 7.09. The lowest BCUT2D eigenvalue weighted by Gasteiger charge is -2.31. The van der Waals surface area contributed by atoms with Crippen LogP contribution < -0.4 is 10.6 Å². The first-order valence-electron chi connectivity index (χ1n) is 12.2. The molecule has 0 fully saturated rings. The maximum atomic E-state index is 6.13. The van der Waals surface area contributed by atoms with Crippen molar-refractivity contribution in [1.29, 1.82) is 0 Å². The zero-order chi connectivity index (χ0) is 24.0. The van der Waals surface area contributed by atoms with E-state index in [1.54, 1.807) is 0 Å². The van der Waals surface area contributed by atoms with Gasteiger partial charge in [-0.25, -0.2) is 4.68 Å². The van der Waals surface area contributed by atoms with Crippen LogP contribution in [0.25, 0.3) is 16.9 Å². The fourth-order valence-corrected chi connectivity index (χ4v) is 5.37. The minimum absolute atomic E-state index is 0.480. The molecule has 3 aromatic carbocycles. The first-order valence-corrected chi connectivity index (χ1v) is 12.2. The first kappa shape index (κ1) is 22.3. The van der Waals surface area contributed by atoms with E-state index in [1.807, 2.05) is 6.07 Å². The molecular weight excluding hydrogens is 416 g/mol. The molecule has 0 saturated carbocycles. The van der Waals surface area contributed by atoms with Crippen molar-refractivity contribution < 1.29 is 0 Å². The summed E-state index contributed by atoms with van der Waals surface area (Å²) in [6, 6.07) is 21.5. The van der Waals surface area contributed by atoms with Crippen LogP contribution in [-0.4, -0.2) is 16.3 Å². The van der Waals surface area contributed by atoms with Gasteiger partial charge in [-0.1, -0.05) is 56.3 Å². The molecule has 34 heavy (non-hydrogen) atoms. The van der Waals surface area contributed by atoms with E-state index in [2.05, 4.69) is 98.8 Å². The van der Waals surface area contributed by atoms with Crippen LogP contribution >= 0.6 is 0 Å². The molecule has 1 aliphatic heterocycles. The summed E-state index contributed by atoms with van der Waals surface area (Å²) in [7, 11) is 0. The topological polar surface area (TPSA) is 47.1 Å².